The normalized spacial score (nSPS) is 28.1. The molecule has 0 aromatic heterocycles. The Labute approximate surface area is 123 Å². The fourth-order valence-corrected chi connectivity index (χ4v) is 4.68. The van der Waals surface area contributed by atoms with Crippen LogP contribution in [0.25, 0.3) is 0 Å². The lowest BCUT2D eigenvalue weighted by Crippen LogP contribution is -2.36. The van der Waals surface area contributed by atoms with Gasteiger partial charge in [0.2, 0.25) is 0 Å². The van der Waals surface area contributed by atoms with Crippen LogP contribution in [0.15, 0.2) is 12.1 Å². The van der Waals surface area contributed by atoms with Crippen LogP contribution < -0.4 is 0 Å². The van der Waals surface area contributed by atoms with Crippen molar-refractivity contribution in [1.82, 2.24) is 0 Å². The fraction of sp³-hybridized carbons (Fsp3) is 0.684. The molecule has 0 spiro atoms. The van der Waals surface area contributed by atoms with Crippen molar-refractivity contribution in [2.45, 2.75) is 71.6 Å². The van der Waals surface area contributed by atoms with E-state index in [1.807, 2.05) is 0 Å². The van der Waals surface area contributed by atoms with Crippen molar-refractivity contribution in [1.29, 1.82) is 0 Å². The number of aromatic hydroxyl groups is 1. The van der Waals surface area contributed by atoms with Crippen molar-refractivity contribution >= 4 is 0 Å². The Kier molecular flexibility index (Phi) is 3.35. The first-order valence-corrected chi connectivity index (χ1v) is 8.26. The smallest absolute Gasteiger partial charge is 0.119 e. The van der Waals surface area contributed by atoms with E-state index >= 15 is 0 Å². The molecule has 0 heterocycles. The van der Waals surface area contributed by atoms with Crippen molar-refractivity contribution < 1.29 is 5.11 Å². The zero-order valence-corrected chi connectivity index (χ0v) is 13.4. The van der Waals surface area contributed by atoms with Crippen LogP contribution in [0.2, 0.25) is 0 Å². The molecule has 1 nitrogen and oxygen atoms in total. The first-order chi connectivity index (χ1) is 9.40. The quantitative estimate of drug-likeness (QED) is 0.728. The average molecular weight is 272 g/mol. The summed E-state index contributed by atoms with van der Waals surface area (Å²) >= 11 is 0. The summed E-state index contributed by atoms with van der Waals surface area (Å²) in [5.41, 5.74) is 4.55. The Balaban J connectivity index is 2.03. The number of phenols is 1. The third kappa shape index (κ3) is 2.16. The molecule has 1 fully saturated rings. The van der Waals surface area contributed by atoms with Crippen LogP contribution in [0.5, 0.6) is 5.75 Å². The molecule has 1 N–H and O–H groups in total. The molecule has 0 bridgehead atoms. The molecule has 2 aliphatic rings. The second-order valence-electron chi connectivity index (χ2n) is 7.90. The van der Waals surface area contributed by atoms with Crippen molar-refractivity contribution in [2.75, 3.05) is 0 Å². The molecule has 2 atom stereocenters. The molecule has 1 aromatic carbocycles. The van der Waals surface area contributed by atoms with Gasteiger partial charge in [-0.2, -0.15) is 0 Å². The Bertz CT molecular complexity index is 513. The maximum Gasteiger partial charge on any atom is 0.119 e. The van der Waals surface area contributed by atoms with Gasteiger partial charge in [0.25, 0.3) is 0 Å². The monoisotopic (exact) mass is 272 g/mol. The van der Waals surface area contributed by atoms with Gasteiger partial charge in [0, 0.05) is 0 Å². The van der Waals surface area contributed by atoms with Gasteiger partial charge in [0.15, 0.2) is 0 Å². The molecule has 2 aliphatic carbocycles. The van der Waals surface area contributed by atoms with Crippen molar-refractivity contribution in [2.24, 2.45) is 11.3 Å². The van der Waals surface area contributed by atoms with Gasteiger partial charge in [-0.25, -0.2) is 0 Å². The summed E-state index contributed by atoms with van der Waals surface area (Å²) in [4.78, 5) is 0. The van der Waals surface area contributed by atoms with Gasteiger partial charge >= 0.3 is 0 Å². The number of benzene rings is 1. The van der Waals surface area contributed by atoms with E-state index in [0.29, 0.717) is 23.0 Å². The lowest BCUT2D eigenvalue weighted by atomic mass is 9.57. The van der Waals surface area contributed by atoms with E-state index in [0.717, 1.165) is 11.5 Å². The number of aryl methyl sites for hydroxylation is 1. The summed E-state index contributed by atoms with van der Waals surface area (Å²) in [6, 6.07) is 4.38. The molecule has 0 saturated heterocycles. The number of hydrogen-bond donors (Lipinski definition) is 1. The zero-order valence-electron chi connectivity index (χ0n) is 13.4. The molecule has 1 saturated carbocycles. The van der Waals surface area contributed by atoms with E-state index in [9.17, 15) is 5.11 Å². The summed E-state index contributed by atoms with van der Waals surface area (Å²) in [5.74, 6) is 2.39. The van der Waals surface area contributed by atoms with Crippen LogP contribution >= 0.6 is 0 Å². The summed E-state index contributed by atoms with van der Waals surface area (Å²) in [5, 5.41) is 10.4. The molecule has 0 aliphatic heterocycles. The van der Waals surface area contributed by atoms with Crippen LogP contribution in [0.1, 0.15) is 81.9 Å². The second kappa shape index (κ2) is 4.79. The molecular weight excluding hydrogens is 244 g/mol. The van der Waals surface area contributed by atoms with Crippen LogP contribution in [-0.4, -0.2) is 5.11 Å². The Morgan fingerprint density at radius 3 is 2.65 bits per heavy atom. The highest BCUT2D eigenvalue weighted by Gasteiger charge is 2.42. The summed E-state index contributed by atoms with van der Waals surface area (Å²) in [6.07, 6.45) is 6.52. The molecule has 0 radical (unpaired) electrons. The third-order valence-electron chi connectivity index (χ3n) is 5.86. The van der Waals surface area contributed by atoms with Crippen molar-refractivity contribution in [3.05, 3.63) is 28.8 Å². The van der Waals surface area contributed by atoms with Gasteiger partial charge < -0.3 is 5.11 Å². The molecule has 20 heavy (non-hydrogen) atoms. The van der Waals surface area contributed by atoms with E-state index in [4.69, 9.17) is 0 Å². The molecule has 0 unspecified atom stereocenters. The molecular formula is C19H28O. The summed E-state index contributed by atoms with van der Waals surface area (Å²) in [6.45, 7) is 9.21. The van der Waals surface area contributed by atoms with Gasteiger partial charge in [-0.05, 0) is 71.6 Å². The van der Waals surface area contributed by atoms with Crippen LogP contribution in [0.4, 0.5) is 0 Å². The highest BCUT2D eigenvalue weighted by atomic mass is 16.3. The third-order valence-corrected chi connectivity index (χ3v) is 5.86. The topological polar surface area (TPSA) is 20.2 Å². The summed E-state index contributed by atoms with van der Waals surface area (Å²) < 4.78 is 0. The largest absolute Gasteiger partial charge is 0.508 e. The highest BCUT2D eigenvalue weighted by molar-refractivity contribution is 5.46. The van der Waals surface area contributed by atoms with Gasteiger partial charge in [-0.1, -0.05) is 40.2 Å². The minimum absolute atomic E-state index is 0.404. The maximum absolute atomic E-state index is 10.4. The number of fused-ring (bicyclic) bond motifs is 3. The minimum atomic E-state index is 0.404. The first-order valence-electron chi connectivity index (χ1n) is 8.26. The Morgan fingerprint density at radius 1 is 1.20 bits per heavy atom. The van der Waals surface area contributed by atoms with Gasteiger partial charge in [0.05, 0.1) is 0 Å². The van der Waals surface area contributed by atoms with E-state index in [2.05, 4.69) is 39.8 Å². The standard InChI is InChI=1S/C19H28O/c1-12(2)15-10-13-7-8-17-14(16(13)11-18(15)20)6-5-9-19(17,3)4/h10-12,14,17,20H,5-9H2,1-4H3/t14-,17-/m1/s1. The van der Waals surface area contributed by atoms with Crippen LogP contribution in [0, 0.1) is 11.3 Å². The van der Waals surface area contributed by atoms with Crippen molar-refractivity contribution in [3.63, 3.8) is 0 Å². The first kappa shape index (κ1) is 14.0. The second-order valence-corrected chi connectivity index (χ2v) is 7.90. The van der Waals surface area contributed by atoms with Gasteiger partial charge in [0.1, 0.15) is 5.75 Å². The molecule has 1 aromatic rings. The van der Waals surface area contributed by atoms with Gasteiger partial charge in [-0.3, -0.25) is 0 Å². The highest BCUT2D eigenvalue weighted by Crippen LogP contribution is 2.54. The predicted molar refractivity (Wildman–Crippen MR) is 84.4 cm³/mol. The van der Waals surface area contributed by atoms with Gasteiger partial charge in [-0.15, -0.1) is 0 Å². The number of phenolic OH excluding ortho intramolecular Hbond substituents is 1. The molecule has 3 rings (SSSR count). The minimum Gasteiger partial charge on any atom is -0.508 e. The lowest BCUT2D eigenvalue weighted by molar-refractivity contribution is 0.0970. The average Bonchev–Trinajstić information content (AvgIpc) is 2.37. The fourth-order valence-electron chi connectivity index (χ4n) is 4.68. The maximum atomic E-state index is 10.4. The van der Waals surface area contributed by atoms with Crippen molar-refractivity contribution in [3.8, 4) is 5.75 Å². The van der Waals surface area contributed by atoms with Crippen LogP contribution in [-0.2, 0) is 6.42 Å². The van der Waals surface area contributed by atoms with Crippen LogP contribution in [0.3, 0.4) is 0 Å². The molecule has 0 amide bonds. The van der Waals surface area contributed by atoms with E-state index in [-0.39, 0.29) is 0 Å². The van der Waals surface area contributed by atoms with E-state index in [1.165, 1.54) is 43.2 Å². The Morgan fingerprint density at radius 2 is 1.95 bits per heavy atom. The molecule has 1 heteroatoms. The zero-order chi connectivity index (χ0) is 14.5. The number of rotatable bonds is 1. The van der Waals surface area contributed by atoms with E-state index in [1.54, 1.807) is 0 Å². The SMILES string of the molecule is CC(C)c1cc2c(cc1O)[C@H]1CCCC(C)(C)[C@@H]1CC2. The molecule has 110 valence electrons. The summed E-state index contributed by atoms with van der Waals surface area (Å²) in [7, 11) is 0. The Hall–Kier alpha value is -0.980. The number of hydrogen-bond acceptors (Lipinski definition) is 1. The lowest BCUT2D eigenvalue weighted by Gasteiger charge is -2.47. The predicted octanol–water partition coefficient (Wildman–Crippen LogP) is 5.37. The van der Waals surface area contributed by atoms with E-state index < -0.39 is 0 Å².